The van der Waals surface area contributed by atoms with Gasteiger partial charge in [0.1, 0.15) is 0 Å². The Hall–Kier alpha value is -1.68. The van der Waals surface area contributed by atoms with Crippen molar-refractivity contribution in [1.29, 1.82) is 0 Å². The van der Waals surface area contributed by atoms with Crippen LogP contribution < -0.4 is 5.73 Å². The van der Waals surface area contributed by atoms with Gasteiger partial charge in [0.25, 0.3) is 0 Å². The molecule has 3 nitrogen and oxygen atoms in total. The first-order chi connectivity index (χ1) is 8.21. The van der Waals surface area contributed by atoms with Crippen molar-refractivity contribution < 1.29 is 4.39 Å². The van der Waals surface area contributed by atoms with E-state index in [2.05, 4.69) is 5.10 Å². The highest BCUT2D eigenvalue weighted by Crippen LogP contribution is 2.29. The summed E-state index contributed by atoms with van der Waals surface area (Å²) in [7, 11) is 0. The summed E-state index contributed by atoms with van der Waals surface area (Å²) in [6.07, 6.45) is 1.93. The summed E-state index contributed by atoms with van der Waals surface area (Å²) in [4.78, 5) is 0. The number of benzene rings is 1. The lowest BCUT2D eigenvalue weighted by Crippen LogP contribution is -2.32. The lowest BCUT2D eigenvalue weighted by molar-refractivity contribution is 0.158. The molecule has 2 N–H and O–H groups in total. The molecule has 1 unspecified atom stereocenters. The molecule has 0 aliphatic rings. The Morgan fingerprint density at radius 3 is 2.59 bits per heavy atom. The van der Waals surface area contributed by atoms with Gasteiger partial charge in [-0.15, -0.1) is 0 Å². The highest BCUT2D eigenvalue weighted by molar-refractivity contribution is 5.34. The van der Waals surface area contributed by atoms with Gasteiger partial charge >= 0.3 is 0 Å². The first kappa shape index (κ1) is 11.8. The molecule has 1 atom stereocenters. The van der Waals surface area contributed by atoms with Crippen LogP contribution >= 0.6 is 0 Å². The number of para-hydroxylation sites is 1. The lowest BCUT2D eigenvalue weighted by Gasteiger charge is -2.23. The fraction of sp³-hybridized carbons (Fsp3) is 0.308. The van der Waals surface area contributed by atoms with Crippen LogP contribution in [0.2, 0.25) is 0 Å². The maximum absolute atomic E-state index is 14.6. The summed E-state index contributed by atoms with van der Waals surface area (Å²) in [6, 6.07) is 11.2. The van der Waals surface area contributed by atoms with Gasteiger partial charge in [-0.1, -0.05) is 25.1 Å². The Balaban J connectivity index is 2.49. The minimum absolute atomic E-state index is 0.0397. The van der Waals surface area contributed by atoms with E-state index >= 15 is 0 Å². The number of aromatic nitrogens is 2. The van der Waals surface area contributed by atoms with Gasteiger partial charge in [-0.25, -0.2) is 9.07 Å². The van der Waals surface area contributed by atoms with E-state index in [0.29, 0.717) is 12.1 Å². The standard InChI is InChI=1S/C13H16FN3/c1-2-13(14,10-15)12-8-9-16-17(12)11-6-4-3-5-7-11/h3-9H,2,10,15H2,1H3. The molecule has 0 aliphatic heterocycles. The van der Waals surface area contributed by atoms with Crippen LogP contribution in [-0.4, -0.2) is 16.3 Å². The first-order valence-electron chi connectivity index (χ1n) is 5.70. The highest BCUT2D eigenvalue weighted by atomic mass is 19.1. The molecule has 1 aromatic heterocycles. The Kier molecular flexibility index (Phi) is 3.24. The summed E-state index contributed by atoms with van der Waals surface area (Å²) in [6.45, 7) is 1.75. The van der Waals surface area contributed by atoms with Gasteiger partial charge in [0.2, 0.25) is 0 Å². The number of rotatable bonds is 4. The average molecular weight is 233 g/mol. The number of nitrogens with zero attached hydrogens (tertiary/aromatic N) is 2. The van der Waals surface area contributed by atoms with Crippen LogP contribution in [0.15, 0.2) is 42.6 Å². The third-order valence-electron chi connectivity index (χ3n) is 2.99. The molecule has 0 aliphatic carbocycles. The summed E-state index contributed by atoms with van der Waals surface area (Å²) >= 11 is 0. The van der Waals surface area contributed by atoms with E-state index in [1.165, 1.54) is 0 Å². The molecule has 0 saturated carbocycles. The van der Waals surface area contributed by atoms with Crippen molar-refractivity contribution in [3.05, 3.63) is 48.3 Å². The zero-order chi connectivity index (χ0) is 12.3. The second-order valence-electron chi connectivity index (χ2n) is 3.99. The largest absolute Gasteiger partial charge is 0.327 e. The van der Waals surface area contributed by atoms with Crippen molar-refractivity contribution in [2.75, 3.05) is 6.54 Å². The molecule has 0 fully saturated rings. The van der Waals surface area contributed by atoms with E-state index in [9.17, 15) is 4.39 Å². The van der Waals surface area contributed by atoms with Gasteiger partial charge in [0.05, 0.1) is 11.4 Å². The van der Waals surface area contributed by atoms with Gasteiger partial charge in [0.15, 0.2) is 5.67 Å². The normalized spacial score (nSPS) is 14.5. The molecule has 1 heterocycles. The van der Waals surface area contributed by atoms with Crippen LogP contribution in [0.25, 0.3) is 5.69 Å². The first-order valence-corrected chi connectivity index (χ1v) is 5.70. The van der Waals surface area contributed by atoms with Crippen LogP contribution in [0.4, 0.5) is 4.39 Å². The maximum Gasteiger partial charge on any atom is 0.164 e. The number of halogens is 1. The minimum Gasteiger partial charge on any atom is -0.327 e. The second kappa shape index (κ2) is 4.67. The topological polar surface area (TPSA) is 43.8 Å². The predicted octanol–water partition coefficient (Wildman–Crippen LogP) is 2.41. The zero-order valence-corrected chi connectivity index (χ0v) is 9.81. The second-order valence-corrected chi connectivity index (χ2v) is 3.99. The van der Waals surface area contributed by atoms with Crippen molar-refractivity contribution in [2.45, 2.75) is 19.0 Å². The Labute approximate surface area is 100 Å². The Morgan fingerprint density at radius 2 is 2.00 bits per heavy atom. The molecule has 2 aromatic rings. The maximum atomic E-state index is 14.6. The van der Waals surface area contributed by atoms with Crippen LogP contribution in [0.5, 0.6) is 0 Å². The fourth-order valence-electron chi connectivity index (χ4n) is 1.85. The van der Waals surface area contributed by atoms with Crippen LogP contribution in [0, 0.1) is 0 Å². The fourth-order valence-corrected chi connectivity index (χ4v) is 1.85. The zero-order valence-electron chi connectivity index (χ0n) is 9.81. The molecule has 0 amide bonds. The van der Waals surface area contributed by atoms with Gasteiger partial charge in [-0.2, -0.15) is 5.10 Å². The van der Waals surface area contributed by atoms with Crippen molar-refractivity contribution in [2.24, 2.45) is 5.73 Å². The molecule has 0 saturated heterocycles. The van der Waals surface area contributed by atoms with Gasteiger partial charge in [-0.3, -0.25) is 0 Å². The van der Waals surface area contributed by atoms with Crippen molar-refractivity contribution in [3.8, 4) is 5.69 Å². The average Bonchev–Trinajstić information content (AvgIpc) is 2.88. The van der Waals surface area contributed by atoms with Crippen LogP contribution in [0.3, 0.4) is 0 Å². The molecule has 0 spiro atoms. The van der Waals surface area contributed by atoms with E-state index in [-0.39, 0.29) is 6.54 Å². The molecule has 1 aromatic carbocycles. The van der Waals surface area contributed by atoms with Crippen LogP contribution in [0.1, 0.15) is 19.0 Å². The molecule has 4 heteroatoms. The molecular weight excluding hydrogens is 217 g/mol. The van der Waals surface area contributed by atoms with Gasteiger partial charge in [0, 0.05) is 12.7 Å². The van der Waals surface area contributed by atoms with Crippen molar-refractivity contribution in [3.63, 3.8) is 0 Å². The SMILES string of the molecule is CCC(F)(CN)c1ccnn1-c1ccccc1. The number of alkyl halides is 1. The van der Waals surface area contributed by atoms with E-state index < -0.39 is 5.67 Å². The summed E-state index contributed by atoms with van der Waals surface area (Å²) in [5.74, 6) is 0. The Bertz CT molecular complexity index is 474. The molecule has 17 heavy (non-hydrogen) atoms. The molecule has 2 rings (SSSR count). The minimum atomic E-state index is -1.52. The molecular formula is C13H16FN3. The predicted molar refractivity (Wildman–Crippen MR) is 65.7 cm³/mol. The van der Waals surface area contributed by atoms with E-state index in [4.69, 9.17) is 5.73 Å². The van der Waals surface area contributed by atoms with E-state index in [1.807, 2.05) is 30.3 Å². The van der Waals surface area contributed by atoms with Crippen molar-refractivity contribution in [1.82, 2.24) is 9.78 Å². The molecule has 90 valence electrons. The summed E-state index contributed by atoms with van der Waals surface area (Å²) in [5, 5.41) is 4.17. The smallest absolute Gasteiger partial charge is 0.164 e. The number of hydrogen-bond acceptors (Lipinski definition) is 2. The van der Waals surface area contributed by atoms with Gasteiger partial charge < -0.3 is 5.73 Å². The molecule has 0 radical (unpaired) electrons. The highest BCUT2D eigenvalue weighted by Gasteiger charge is 2.32. The third-order valence-corrected chi connectivity index (χ3v) is 2.99. The van der Waals surface area contributed by atoms with Gasteiger partial charge in [-0.05, 0) is 24.6 Å². The third kappa shape index (κ3) is 2.08. The lowest BCUT2D eigenvalue weighted by atomic mass is 9.98. The van der Waals surface area contributed by atoms with Crippen molar-refractivity contribution >= 4 is 0 Å². The number of nitrogens with two attached hydrogens (primary N) is 1. The molecule has 0 bridgehead atoms. The monoisotopic (exact) mass is 233 g/mol. The quantitative estimate of drug-likeness (QED) is 0.881. The number of hydrogen-bond donors (Lipinski definition) is 1. The summed E-state index contributed by atoms with van der Waals surface area (Å²) in [5.41, 5.74) is 5.37. The van der Waals surface area contributed by atoms with E-state index in [1.54, 1.807) is 23.9 Å². The van der Waals surface area contributed by atoms with Crippen LogP contribution in [-0.2, 0) is 5.67 Å². The van der Waals surface area contributed by atoms with E-state index in [0.717, 1.165) is 5.69 Å². The summed E-state index contributed by atoms with van der Waals surface area (Å²) < 4.78 is 16.2. The Morgan fingerprint density at radius 1 is 1.29 bits per heavy atom.